The molecule has 0 atom stereocenters. The predicted octanol–water partition coefficient (Wildman–Crippen LogP) is 11.4. The van der Waals surface area contributed by atoms with E-state index in [4.69, 9.17) is 4.42 Å². The summed E-state index contributed by atoms with van der Waals surface area (Å²) in [6.07, 6.45) is 3.60. The second-order valence-corrected chi connectivity index (χ2v) is 15.3. The molecule has 0 saturated heterocycles. The zero-order valence-corrected chi connectivity index (χ0v) is 31.7. The van der Waals surface area contributed by atoms with Crippen molar-refractivity contribution in [3.05, 3.63) is 126 Å². The van der Waals surface area contributed by atoms with Gasteiger partial charge in [0.25, 0.3) is 0 Å². The SMILES string of the molecule is CC(C)(C)c1cc(-c2[c-]cc(C(C)(C)C)c3c2oc2c4ccccc4ccc23)ncn1.CC(C)(C)c1ccc(-c2[c-]cccc2)nc1.[Ir]. The van der Waals surface area contributed by atoms with Gasteiger partial charge in [0.2, 0.25) is 0 Å². The maximum absolute atomic E-state index is 6.62. The Kier molecular flexibility index (Phi) is 9.79. The number of hydrogen-bond donors (Lipinski definition) is 0. The van der Waals surface area contributed by atoms with Crippen molar-refractivity contribution in [1.82, 2.24) is 15.0 Å². The Balaban J connectivity index is 0.000000224. The summed E-state index contributed by atoms with van der Waals surface area (Å²) in [5.74, 6) is 0. The normalized spacial score (nSPS) is 12.1. The van der Waals surface area contributed by atoms with Crippen LogP contribution in [0, 0.1) is 12.1 Å². The molecule has 4 aromatic carbocycles. The summed E-state index contributed by atoms with van der Waals surface area (Å²) >= 11 is 0. The van der Waals surface area contributed by atoms with Gasteiger partial charge in [-0.25, -0.2) is 4.98 Å². The molecule has 247 valence electrons. The molecule has 3 heterocycles. The topological polar surface area (TPSA) is 51.8 Å². The molecule has 0 aliphatic carbocycles. The van der Waals surface area contributed by atoms with E-state index in [1.807, 2.05) is 30.5 Å². The molecule has 3 aromatic heterocycles. The molecule has 0 aliphatic heterocycles. The third kappa shape index (κ3) is 7.14. The van der Waals surface area contributed by atoms with Crippen molar-refractivity contribution in [1.29, 1.82) is 0 Å². The summed E-state index contributed by atoms with van der Waals surface area (Å²) in [5, 5.41) is 4.59. The van der Waals surface area contributed by atoms with Crippen LogP contribution in [-0.4, -0.2) is 15.0 Å². The van der Waals surface area contributed by atoms with Crippen LogP contribution in [0.25, 0.3) is 55.2 Å². The summed E-state index contributed by atoms with van der Waals surface area (Å²) in [6.45, 7) is 19.8. The maximum atomic E-state index is 6.62. The van der Waals surface area contributed by atoms with Crippen molar-refractivity contribution in [2.24, 2.45) is 0 Å². The molecule has 4 nitrogen and oxygen atoms in total. The van der Waals surface area contributed by atoms with Crippen molar-refractivity contribution < 1.29 is 24.5 Å². The van der Waals surface area contributed by atoms with Crippen LogP contribution in [0.1, 0.15) is 79.1 Å². The Bertz CT molecular complexity index is 2180. The fourth-order valence-electron chi connectivity index (χ4n) is 5.79. The molecule has 0 aliphatic rings. The number of nitrogens with zero attached hydrogens (tertiary/aromatic N) is 3. The van der Waals surface area contributed by atoms with E-state index >= 15 is 0 Å². The van der Waals surface area contributed by atoms with Crippen LogP contribution in [0.4, 0.5) is 0 Å². The fraction of sp³-hybridized carbons (Fsp3) is 0.279. The van der Waals surface area contributed by atoms with Crippen molar-refractivity contribution >= 4 is 32.7 Å². The van der Waals surface area contributed by atoms with E-state index in [9.17, 15) is 0 Å². The van der Waals surface area contributed by atoms with Crippen LogP contribution in [-0.2, 0) is 36.4 Å². The average molecular weight is 810 g/mol. The molecule has 0 bridgehead atoms. The van der Waals surface area contributed by atoms with Crippen molar-refractivity contribution in [3.63, 3.8) is 0 Å². The van der Waals surface area contributed by atoms with E-state index in [0.717, 1.165) is 55.5 Å². The van der Waals surface area contributed by atoms with Gasteiger partial charge < -0.3 is 9.40 Å². The third-order valence-electron chi connectivity index (χ3n) is 8.55. The molecule has 7 rings (SSSR count). The van der Waals surface area contributed by atoms with E-state index < -0.39 is 0 Å². The second kappa shape index (κ2) is 13.4. The van der Waals surface area contributed by atoms with E-state index in [1.54, 1.807) is 6.33 Å². The molecule has 0 N–H and O–H groups in total. The number of fused-ring (bicyclic) bond motifs is 5. The van der Waals surface area contributed by atoms with E-state index in [1.165, 1.54) is 16.5 Å². The fourth-order valence-corrected chi connectivity index (χ4v) is 5.79. The van der Waals surface area contributed by atoms with Crippen LogP contribution in [0.5, 0.6) is 0 Å². The van der Waals surface area contributed by atoms with Gasteiger partial charge in [0, 0.05) is 48.2 Å². The minimum Gasteiger partial charge on any atom is -0.500 e. The zero-order chi connectivity index (χ0) is 33.6. The summed E-state index contributed by atoms with van der Waals surface area (Å²) in [7, 11) is 0. The molecular weight excluding hydrogens is 767 g/mol. The van der Waals surface area contributed by atoms with Crippen LogP contribution in [0.3, 0.4) is 0 Å². The molecule has 0 spiro atoms. The van der Waals surface area contributed by atoms with Gasteiger partial charge in [-0.3, -0.25) is 4.98 Å². The number of benzene rings is 4. The number of furan rings is 1. The summed E-state index contributed by atoms with van der Waals surface area (Å²) < 4.78 is 6.62. The van der Waals surface area contributed by atoms with Gasteiger partial charge in [0.05, 0.1) is 5.58 Å². The Morgan fingerprint density at radius 3 is 2.02 bits per heavy atom. The first kappa shape index (κ1) is 35.1. The Morgan fingerprint density at radius 1 is 0.625 bits per heavy atom. The number of rotatable bonds is 2. The van der Waals surface area contributed by atoms with Crippen LogP contribution in [0.15, 0.2) is 102 Å². The van der Waals surface area contributed by atoms with Gasteiger partial charge >= 0.3 is 0 Å². The molecule has 0 saturated carbocycles. The van der Waals surface area contributed by atoms with E-state index in [2.05, 4.69) is 150 Å². The smallest absolute Gasteiger partial charge is 0.128 e. The number of pyridine rings is 1. The molecule has 0 fully saturated rings. The zero-order valence-electron chi connectivity index (χ0n) is 29.3. The van der Waals surface area contributed by atoms with E-state index in [0.29, 0.717) is 0 Å². The van der Waals surface area contributed by atoms with Gasteiger partial charge in [-0.2, -0.15) is 0 Å². The molecule has 5 heteroatoms. The van der Waals surface area contributed by atoms with Gasteiger partial charge in [-0.1, -0.05) is 128 Å². The largest absolute Gasteiger partial charge is 0.500 e. The van der Waals surface area contributed by atoms with Gasteiger partial charge in [0.15, 0.2) is 0 Å². The van der Waals surface area contributed by atoms with Gasteiger partial charge in [-0.15, -0.1) is 53.6 Å². The molecule has 0 unspecified atom stereocenters. The molecule has 0 amide bonds. The Morgan fingerprint density at radius 2 is 1.38 bits per heavy atom. The number of hydrogen-bond acceptors (Lipinski definition) is 4. The van der Waals surface area contributed by atoms with Crippen molar-refractivity contribution in [2.45, 2.75) is 78.6 Å². The number of aromatic nitrogens is 3. The van der Waals surface area contributed by atoms with Crippen molar-refractivity contribution in [3.8, 4) is 22.5 Å². The van der Waals surface area contributed by atoms with Gasteiger partial charge in [-0.05, 0) is 33.2 Å². The molecular formula is C43H43IrN3O-2. The third-order valence-corrected chi connectivity index (χ3v) is 8.55. The molecule has 48 heavy (non-hydrogen) atoms. The first-order chi connectivity index (χ1) is 22.2. The summed E-state index contributed by atoms with van der Waals surface area (Å²) in [4.78, 5) is 13.6. The summed E-state index contributed by atoms with van der Waals surface area (Å²) in [6, 6.07) is 35.7. The average Bonchev–Trinajstić information content (AvgIpc) is 3.44. The molecule has 1 radical (unpaired) electrons. The molecule has 7 aromatic rings. The first-order valence-electron chi connectivity index (χ1n) is 16.3. The van der Waals surface area contributed by atoms with Gasteiger partial charge in [0.1, 0.15) is 11.9 Å². The minimum absolute atomic E-state index is 0. The minimum atomic E-state index is -0.0633. The summed E-state index contributed by atoms with van der Waals surface area (Å²) in [5.41, 5.74) is 9.05. The quantitative estimate of drug-likeness (QED) is 0.163. The monoisotopic (exact) mass is 810 g/mol. The van der Waals surface area contributed by atoms with Crippen LogP contribution < -0.4 is 0 Å². The second-order valence-electron chi connectivity index (χ2n) is 15.3. The Labute approximate surface area is 298 Å². The standard InChI is InChI=1S/C28H27N2O.C15H16N.Ir/c1-27(2,3)21-14-13-19(22-15-23(28(4,5)6)30-16-29-22)26-24(21)20-12-11-17-9-7-8-10-18(17)25(20)31-26;1-15(2,3)13-9-10-14(16-11-13)12-7-5-4-6-8-12;/h7-12,14-16H,1-6H3;4-7,9-11H,1-3H3;/q2*-1;. The first-order valence-corrected chi connectivity index (χ1v) is 16.3. The van der Waals surface area contributed by atoms with Crippen LogP contribution in [0.2, 0.25) is 0 Å². The maximum Gasteiger partial charge on any atom is 0.128 e. The van der Waals surface area contributed by atoms with Crippen molar-refractivity contribution in [2.75, 3.05) is 0 Å². The predicted molar refractivity (Wildman–Crippen MR) is 196 cm³/mol. The Hall–Kier alpha value is -4.18. The van der Waals surface area contributed by atoms with E-state index in [-0.39, 0.29) is 36.4 Å². The van der Waals surface area contributed by atoms with Crippen LogP contribution >= 0.6 is 0 Å².